The summed E-state index contributed by atoms with van der Waals surface area (Å²) >= 11 is 0. The lowest BCUT2D eigenvalue weighted by molar-refractivity contribution is -0.133. The van der Waals surface area contributed by atoms with Gasteiger partial charge in [-0.15, -0.1) is 0 Å². The van der Waals surface area contributed by atoms with E-state index in [2.05, 4.69) is 25.7 Å². The first-order valence-corrected chi connectivity index (χ1v) is 7.86. The molecule has 0 spiro atoms. The van der Waals surface area contributed by atoms with E-state index in [0.29, 0.717) is 18.5 Å². The molecular formula is C15H31N3O. The van der Waals surface area contributed by atoms with E-state index >= 15 is 0 Å². The van der Waals surface area contributed by atoms with Crippen molar-refractivity contribution in [3.8, 4) is 0 Å². The molecule has 0 atom stereocenters. The molecule has 1 fully saturated rings. The molecule has 0 radical (unpaired) electrons. The van der Waals surface area contributed by atoms with Gasteiger partial charge < -0.3 is 10.6 Å². The summed E-state index contributed by atoms with van der Waals surface area (Å²) in [5, 5.41) is 0. The van der Waals surface area contributed by atoms with Gasteiger partial charge >= 0.3 is 0 Å². The van der Waals surface area contributed by atoms with Gasteiger partial charge in [-0.1, -0.05) is 26.7 Å². The van der Waals surface area contributed by atoms with Crippen LogP contribution in [0.1, 0.15) is 46.5 Å². The van der Waals surface area contributed by atoms with Crippen LogP contribution in [0.15, 0.2) is 0 Å². The first kappa shape index (κ1) is 16.4. The van der Waals surface area contributed by atoms with Gasteiger partial charge in [-0.05, 0) is 25.7 Å². The van der Waals surface area contributed by atoms with E-state index in [9.17, 15) is 4.79 Å². The molecule has 0 unspecified atom stereocenters. The summed E-state index contributed by atoms with van der Waals surface area (Å²) in [5.74, 6) is 0.920. The quantitative estimate of drug-likeness (QED) is 0.765. The molecule has 1 aliphatic heterocycles. The van der Waals surface area contributed by atoms with E-state index in [0.717, 1.165) is 51.9 Å². The fraction of sp³-hybridized carbons (Fsp3) is 0.933. The van der Waals surface area contributed by atoms with E-state index in [-0.39, 0.29) is 5.91 Å². The molecule has 1 saturated heterocycles. The van der Waals surface area contributed by atoms with Crippen LogP contribution < -0.4 is 5.73 Å². The minimum atomic E-state index is 0.282. The average molecular weight is 269 g/mol. The largest absolute Gasteiger partial charge is 0.342 e. The first-order valence-electron chi connectivity index (χ1n) is 7.86. The standard InChI is InChI=1S/C15H31N3O/c1-4-13(5-2)11-18(6-3)15(19)12-17-9-7-14(16)8-10-17/h13-14H,4-12,16H2,1-3H3. The van der Waals surface area contributed by atoms with Crippen LogP contribution in [0.4, 0.5) is 0 Å². The number of nitrogens with two attached hydrogens (primary N) is 1. The van der Waals surface area contributed by atoms with Crippen molar-refractivity contribution in [2.75, 3.05) is 32.7 Å². The van der Waals surface area contributed by atoms with E-state index < -0.39 is 0 Å². The van der Waals surface area contributed by atoms with Crippen LogP contribution in [0.5, 0.6) is 0 Å². The summed E-state index contributed by atoms with van der Waals surface area (Å²) in [6.07, 6.45) is 4.34. The second kappa shape index (κ2) is 8.54. The van der Waals surface area contributed by atoms with Gasteiger partial charge in [0.25, 0.3) is 0 Å². The Morgan fingerprint density at radius 1 is 1.26 bits per heavy atom. The van der Waals surface area contributed by atoms with Gasteiger partial charge in [0.2, 0.25) is 5.91 Å². The molecule has 2 N–H and O–H groups in total. The molecule has 0 saturated carbocycles. The third-order valence-corrected chi connectivity index (χ3v) is 4.36. The molecule has 4 nitrogen and oxygen atoms in total. The highest BCUT2D eigenvalue weighted by Crippen LogP contribution is 2.12. The molecule has 1 amide bonds. The summed E-state index contributed by atoms with van der Waals surface area (Å²) in [5.41, 5.74) is 5.89. The van der Waals surface area contributed by atoms with Crippen LogP contribution in [0.3, 0.4) is 0 Å². The number of nitrogens with zero attached hydrogens (tertiary/aromatic N) is 2. The van der Waals surface area contributed by atoms with Gasteiger partial charge in [-0.25, -0.2) is 0 Å². The van der Waals surface area contributed by atoms with Gasteiger partial charge in [-0.2, -0.15) is 0 Å². The Labute approximate surface area is 118 Å². The van der Waals surface area contributed by atoms with E-state index in [1.165, 1.54) is 0 Å². The Morgan fingerprint density at radius 2 is 1.84 bits per heavy atom. The Hall–Kier alpha value is -0.610. The van der Waals surface area contributed by atoms with Crippen molar-refractivity contribution in [2.24, 2.45) is 11.7 Å². The van der Waals surface area contributed by atoms with Gasteiger partial charge in [0.1, 0.15) is 0 Å². The number of rotatable bonds is 7. The van der Waals surface area contributed by atoms with Gasteiger partial charge in [0.15, 0.2) is 0 Å². The molecule has 0 aromatic carbocycles. The van der Waals surface area contributed by atoms with Gasteiger partial charge in [-0.3, -0.25) is 9.69 Å². The Morgan fingerprint density at radius 3 is 2.32 bits per heavy atom. The van der Waals surface area contributed by atoms with Crippen LogP contribution in [-0.2, 0) is 4.79 Å². The third-order valence-electron chi connectivity index (χ3n) is 4.36. The SMILES string of the molecule is CCC(CC)CN(CC)C(=O)CN1CCC(N)CC1. The predicted molar refractivity (Wildman–Crippen MR) is 80.0 cm³/mol. The molecule has 4 heteroatoms. The maximum atomic E-state index is 12.3. The maximum absolute atomic E-state index is 12.3. The fourth-order valence-electron chi connectivity index (χ4n) is 2.67. The van der Waals surface area contributed by atoms with E-state index in [1.807, 2.05) is 4.90 Å². The predicted octanol–water partition coefficient (Wildman–Crippen LogP) is 1.69. The van der Waals surface area contributed by atoms with E-state index in [4.69, 9.17) is 5.73 Å². The molecule has 112 valence electrons. The molecular weight excluding hydrogens is 238 g/mol. The molecule has 1 heterocycles. The van der Waals surface area contributed by atoms with Gasteiger partial charge in [0, 0.05) is 32.2 Å². The van der Waals surface area contributed by atoms with Crippen LogP contribution in [-0.4, -0.2) is 54.5 Å². The number of likely N-dealkylation sites (tertiary alicyclic amines) is 1. The number of carbonyl (C=O) groups excluding carboxylic acids is 1. The average Bonchev–Trinajstić information content (AvgIpc) is 2.42. The first-order chi connectivity index (χ1) is 9.10. The van der Waals surface area contributed by atoms with Crippen molar-refractivity contribution >= 4 is 5.91 Å². The second-order valence-electron chi connectivity index (χ2n) is 5.73. The minimum absolute atomic E-state index is 0.282. The zero-order valence-corrected chi connectivity index (χ0v) is 12.9. The summed E-state index contributed by atoms with van der Waals surface area (Å²) < 4.78 is 0. The van der Waals surface area contributed by atoms with Crippen molar-refractivity contribution in [1.29, 1.82) is 0 Å². The normalized spacial score (nSPS) is 17.9. The summed E-state index contributed by atoms with van der Waals surface area (Å²) in [6, 6.07) is 0.332. The summed E-state index contributed by atoms with van der Waals surface area (Å²) in [7, 11) is 0. The van der Waals surface area contributed by atoms with Crippen molar-refractivity contribution < 1.29 is 4.79 Å². The zero-order chi connectivity index (χ0) is 14.3. The van der Waals surface area contributed by atoms with Crippen molar-refractivity contribution in [3.05, 3.63) is 0 Å². The molecule has 0 aromatic heterocycles. The van der Waals surface area contributed by atoms with E-state index in [1.54, 1.807) is 0 Å². The Balaban J connectivity index is 2.40. The smallest absolute Gasteiger partial charge is 0.236 e. The summed E-state index contributed by atoms with van der Waals surface area (Å²) in [6.45, 7) is 10.7. The number of likely N-dealkylation sites (N-methyl/N-ethyl adjacent to an activating group) is 1. The highest BCUT2D eigenvalue weighted by Gasteiger charge is 2.21. The number of carbonyl (C=O) groups is 1. The molecule has 19 heavy (non-hydrogen) atoms. The Kier molecular flexibility index (Phi) is 7.39. The minimum Gasteiger partial charge on any atom is -0.342 e. The number of hydrogen-bond donors (Lipinski definition) is 1. The van der Waals surface area contributed by atoms with Crippen LogP contribution in [0.2, 0.25) is 0 Å². The zero-order valence-electron chi connectivity index (χ0n) is 12.9. The molecule has 1 aliphatic rings. The van der Waals surface area contributed by atoms with Crippen molar-refractivity contribution in [1.82, 2.24) is 9.80 Å². The van der Waals surface area contributed by atoms with Crippen LogP contribution in [0, 0.1) is 5.92 Å². The highest BCUT2D eigenvalue weighted by molar-refractivity contribution is 5.78. The maximum Gasteiger partial charge on any atom is 0.236 e. The number of hydrogen-bond acceptors (Lipinski definition) is 3. The summed E-state index contributed by atoms with van der Waals surface area (Å²) in [4.78, 5) is 16.6. The highest BCUT2D eigenvalue weighted by atomic mass is 16.2. The molecule has 1 rings (SSSR count). The van der Waals surface area contributed by atoms with Crippen LogP contribution in [0.25, 0.3) is 0 Å². The molecule has 0 aromatic rings. The van der Waals surface area contributed by atoms with Gasteiger partial charge in [0.05, 0.1) is 6.54 Å². The van der Waals surface area contributed by atoms with Crippen molar-refractivity contribution in [3.63, 3.8) is 0 Å². The lowest BCUT2D eigenvalue weighted by atomic mass is 10.0. The Bertz CT molecular complexity index is 258. The second-order valence-corrected chi connectivity index (χ2v) is 5.73. The third kappa shape index (κ3) is 5.49. The monoisotopic (exact) mass is 269 g/mol. The number of piperidine rings is 1. The topological polar surface area (TPSA) is 49.6 Å². The fourth-order valence-corrected chi connectivity index (χ4v) is 2.67. The number of amides is 1. The molecule has 0 bridgehead atoms. The lowest BCUT2D eigenvalue weighted by Crippen LogP contribution is -2.46. The lowest BCUT2D eigenvalue weighted by Gasteiger charge is -2.32. The van der Waals surface area contributed by atoms with Crippen molar-refractivity contribution in [2.45, 2.75) is 52.5 Å². The van der Waals surface area contributed by atoms with Crippen LogP contribution >= 0.6 is 0 Å². The molecule has 0 aliphatic carbocycles.